The molecule has 1 heterocycles. The molecule has 2 rings (SSSR count). The highest BCUT2D eigenvalue weighted by molar-refractivity contribution is 5.01. The molecule has 12 heavy (non-hydrogen) atoms. The number of nitrogens with two attached hydrogens (primary N) is 1. The van der Waals surface area contributed by atoms with E-state index in [0.717, 1.165) is 24.6 Å². The molecule has 1 fully saturated rings. The van der Waals surface area contributed by atoms with E-state index in [1.54, 1.807) is 0 Å². The molecule has 1 aliphatic rings. The van der Waals surface area contributed by atoms with E-state index in [4.69, 9.17) is 10.3 Å². The van der Waals surface area contributed by atoms with Gasteiger partial charge < -0.3 is 10.3 Å². The molecule has 0 saturated heterocycles. The molecule has 0 bridgehead atoms. The third kappa shape index (κ3) is 1.64. The van der Waals surface area contributed by atoms with Gasteiger partial charge in [0.05, 0.1) is 0 Å². The summed E-state index contributed by atoms with van der Waals surface area (Å²) in [6.45, 7) is 0.688. The van der Waals surface area contributed by atoms with Crippen LogP contribution in [-0.4, -0.2) is 16.7 Å². The number of hydrogen-bond acceptors (Lipinski definition) is 4. The predicted octanol–water partition coefficient (Wildman–Crippen LogP) is 0.838. The van der Waals surface area contributed by atoms with Crippen molar-refractivity contribution < 1.29 is 4.52 Å². The summed E-state index contributed by atoms with van der Waals surface area (Å²) < 4.78 is 5.08. The van der Waals surface area contributed by atoms with E-state index in [9.17, 15) is 0 Å². The topological polar surface area (TPSA) is 64.9 Å². The Kier molecular flexibility index (Phi) is 2.08. The standard InChI is InChI=1S/C8H13N3O/c9-5-1-2-7-10-8(12-11-7)6-3-4-6/h6H,1-5,9H2. The van der Waals surface area contributed by atoms with Crippen molar-refractivity contribution >= 4 is 0 Å². The molecular weight excluding hydrogens is 154 g/mol. The van der Waals surface area contributed by atoms with Crippen molar-refractivity contribution in [1.82, 2.24) is 10.1 Å². The van der Waals surface area contributed by atoms with Crippen molar-refractivity contribution in [3.05, 3.63) is 11.7 Å². The van der Waals surface area contributed by atoms with Gasteiger partial charge in [0.1, 0.15) is 0 Å². The monoisotopic (exact) mass is 167 g/mol. The number of rotatable bonds is 4. The van der Waals surface area contributed by atoms with E-state index in [1.807, 2.05) is 0 Å². The van der Waals surface area contributed by atoms with E-state index < -0.39 is 0 Å². The minimum atomic E-state index is 0.559. The maximum atomic E-state index is 5.37. The third-order valence-corrected chi connectivity index (χ3v) is 2.01. The Labute approximate surface area is 71.1 Å². The summed E-state index contributed by atoms with van der Waals surface area (Å²) in [4.78, 5) is 4.28. The molecule has 2 N–H and O–H groups in total. The molecule has 0 aromatic carbocycles. The minimum Gasteiger partial charge on any atom is -0.339 e. The van der Waals surface area contributed by atoms with E-state index in [2.05, 4.69) is 10.1 Å². The molecule has 0 atom stereocenters. The molecule has 0 aliphatic heterocycles. The number of hydrogen-bond donors (Lipinski definition) is 1. The lowest BCUT2D eigenvalue weighted by Crippen LogP contribution is -2.01. The fourth-order valence-corrected chi connectivity index (χ4v) is 1.13. The summed E-state index contributed by atoms with van der Waals surface area (Å²) >= 11 is 0. The van der Waals surface area contributed by atoms with Crippen molar-refractivity contribution in [3.63, 3.8) is 0 Å². The van der Waals surface area contributed by atoms with Crippen LogP contribution in [0.1, 0.15) is 36.9 Å². The zero-order valence-electron chi connectivity index (χ0n) is 6.99. The Morgan fingerprint density at radius 1 is 1.50 bits per heavy atom. The normalized spacial score (nSPS) is 16.8. The lowest BCUT2D eigenvalue weighted by Gasteiger charge is -1.87. The lowest BCUT2D eigenvalue weighted by molar-refractivity contribution is 0.373. The van der Waals surface area contributed by atoms with Gasteiger partial charge in [-0.2, -0.15) is 4.98 Å². The Balaban J connectivity index is 1.93. The molecule has 66 valence electrons. The van der Waals surface area contributed by atoms with Crippen molar-refractivity contribution in [2.45, 2.75) is 31.6 Å². The van der Waals surface area contributed by atoms with Crippen LogP contribution in [0.5, 0.6) is 0 Å². The molecular formula is C8H13N3O. The SMILES string of the molecule is NCCCc1noc(C2CC2)n1. The Morgan fingerprint density at radius 3 is 3.00 bits per heavy atom. The van der Waals surface area contributed by atoms with Crippen LogP contribution in [0, 0.1) is 0 Å². The van der Waals surface area contributed by atoms with Crippen LogP contribution in [0.3, 0.4) is 0 Å². The average molecular weight is 167 g/mol. The molecule has 0 unspecified atom stereocenters. The predicted molar refractivity (Wildman–Crippen MR) is 43.6 cm³/mol. The summed E-state index contributed by atoms with van der Waals surface area (Å²) in [6, 6.07) is 0. The second-order valence-corrected chi connectivity index (χ2v) is 3.22. The summed E-state index contributed by atoms with van der Waals surface area (Å²) in [5.41, 5.74) is 5.37. The first-order valence-electron chi connectivity index (χ1n) is 4.42. The van der Waals surface area contributed by atoms with Crippen molar-refractivity contribution in [3.8, 4) is 0 Å². The highest BCUT2D eigenvalue weighted by Crippen LogP contribution is 2.38. The molecule has 1 aromatic heterocycles. The summed E-state index contributed by atoms with van der Waals surface area (Å²) in [6.07, 6.45) is 4.19. The molecule has 4 heteroatoms. The second kappa shape index (κ2) is 3.23. The van der Waals surface area contributed by atoms with Crippen LogP contribution < -0.4 is 5.73 Å². The molecule has 4 nitrogen and oxygen atoms in total. The van der Waals surface area contributed by atoms with Gasteiger partial charge in [-0.25, -0.2) is 0 Å². The van der Waals surface area contributed by atoms with E-state index >= 15 is 0 Å². The molecule has 0 radical (unpaired) electrons. The van der Waals surface area contributed by atoms with Crippen LogP contribution in [-0.2, 0) is 6.42 Å². The Bertz CT molecular complexity index is 255. The Morgan fingerprint density at radius 2 is 2.33 bits per heavy atom. The zero-order valence-corrected chi connectivity index (χ0v) is 6.99. The molecule has 1 saturated carbocycles. The average Bonchev–Trinajstić information content (AvgIpc) is 2.83. The van der Waals surface area contributed by atoms with Crippen molar-refractivity contribution in [2.75, 3.05) is 6.54 Å². The van der Waals surface area contributed by atoms with Crippen LogP contribution in [0.2, 0.25) is 0 Å². The van der Waals surface area contributed by atoms with E-state index in [-0.39, 0.29) is 0 Å². The molecule has 1 aromatic rings. The van der Waals surface area contributed by atoms with Crippen LogP contribution >= 0.6 is 0 Å². The second-order valence-electron chi connectivity index (χ2n) is 3.22. The van der Waals surface area contributed by atoms with Gasteiger partial charge in [-0.05, 0) is 25.8 Å². The van der Waals surface area contributed by atoms with Crippen molar-refractivity contribution in [1.29, 1.82) is 0 Å². The van der Waals surface area contributed by atoms with Gasteiger partial charge in [-0.1, -0.05) is 5.16 Å². The zero-order chi connectivity index (χ0) is 8.39. The van der Waals surface area contributed by atoms with Crippen LogP contribution in [0.4, 0.5) is 0 Å². The number of nitrogens with zero attached hydrogens (tertiary/aromatic N) is 2. The highest BCUT2D eigenvalue weighted by atomic mass is 16.5. The maximum absolute atomic E-state index is 5.37. The number of aromatic nitrogens is 2. The first kappa shape index (κ1) is 7.73. The fraction of sp³-hybridized carbons (Fsp3) is 0.750. The summed E-state index contributed by atoms with van der Waals surface area (Å²) in [7, 11) is 0. The van der Waals surface area contributed by atoms with Crippen LogP contribution in [0.15, 0.2) is 4.52 Å². The van der Waals surface area contributed by atoms with Gasteiger partial charge in [0, 0.05) is 12.3 Å². The molecule has 1 aliphatic carbocycles. The first-order valence-corrected chi connectivity index (χ1v) is 4.42. The lowest BCUT2D eigenvalue weighted by atomic mass is 10.3. The highest BCUT2D eigenvalue weighted by Gasteiger charge is 2.29. The quantitative estimate of drug-likeness (QED) is 0.721. The first-order chi connectivity index (χ1) is 5.90. The third-order valence-electron chi connectivity index (χ3n) is 2.01. The van der Waals surface area contributed by atoms with Gasteiger partial charge in [-0.3, -0.25) is 0 Å². The summed E-state index contributed by atoms with van der Waals surface area (Å²) in [5.74, 6) is 2.19. The van der Waals surface area contributed by atoms with Gasteiger partial charge in [0.25, 0.3) is 0 Å². The summed E-state index contributed by atoms with van der Waals surface area (Å²) in [5, 5.41) is 3.87. The fourth-order valence-electron chi connectivity index (χ4n) is 1.13. The molecule has 0 spiro atoms. The van der Waals surface area contributed by atoms with E-state index in [0.29, 0.717) is 12.5 Å². The molecule has 0 amide bonds. The minimum absolute atomic E-state index is 0.559. The van der Waals surface area contributed by atoms with Gasteiger partial charge in [-0.15, -0.1) is 0 Å². The largest absolute Gasteiger partial charge is 0.339 e. The van der Waals surface area contributed by atoms with Crippen LogP contribution in [0.25, 0.3) is 0 Å². The van der Waals surface area contributed by atoms with Gasteiger partial charge >= 0.3 is 0 Å². The number of aryl methyl sites for hydroxylation is 1. The smallest absolute Gasteiger partial charge is 0.229 e. The Hall–Kier alpha value is -0.900. The van der Waals surface area contributed by atoms with Gasteiger partial charge in [0.15, 0.2) is 5.82 Å². The maximum Gasteiger partial charge on any atom is 0.229 e. The van der Waals surface area contributed by atoms with Gasteiger partial charge in [0.2, 0.25) is 5.89 Å². The van der Waals surface area contributed by atoms with Crippen molar-refractivity contribution in [2.24, 2.45) is 5.73 Å². The van der Waals surface area contributed by atoms with E-state index in [1.165, 1.54) is 12.8 Å².